The molecule has 94 valence electrons. The summed E-state index contributed by atoms with van der Waals surface area (Å²) >= 11 is 0. The van der Waals surface area contributed by atoms with Crippen molar-refractivity contribution < 1.29 is 4.79 Å². The van der Waals surface area contributed by atoms with Crippen LogP contribution in [-0.2, 0) is 4.79 Å². The van der Waals surface area contributed by atoms with Gasteiger partial charge in [0.2, 0.25) is 5.91 Å². The van der Waals surface area contributed by atoms with Crippen LogP contribution in [0, 0.1) is 19.8 Å². The van der Waals surface area contributed by atoms with E-state index in [9.17, 15) is 4.79 Å². The molecule has 0 spiro atoms. The minimum atomic E-state index is 0.0635. The van der Waals surface area contributed by atoms with E-state index in [-0.39, 0.29) is 5.91 Å². The van der Waals surface area contributed by atoms with Crippen LogP contribution in [0.3, 0.4) is 0 Å². The van der Waals surface area contributed by atoms with Gasteiger partial charge in [0, 0.05) is 12.1 Å². The number of nitrogens with two attached hydrogens (primary N) is 1. The molecule has 0 bridgehead atoms. The number of hydrogen-bond donors (Lipinski definition) is 2. The van der Waals surface area contributed by atoms with Gasteiger partial charge in [0.1, 0.15) is 0 Å². The van der Waals surface area contributed by atoms with Crippen LogP contribution in [0.2, 0.25) is 0 Å². The zero-order chi connectivity index (χ0) is 12.8. The fraction of sp³-hybridized carbons (Fsp3) is 0.500. The summed E-state index contributed by atoms with van der Waals surface area (Å²) in [7, 11) is 0. The number of amides is 1. The van der Waals surface area contributed by atoms with Crippen molar-refractivity contribution in [2.24, 2.45) is 11.7 Å². The quantitative estimate of drug-likeness (QED) is 0.822. The summed E-state index contributed by atoms with van der Waals surface area (Å²) in [5, 5.41) is 2.91. The van der Waals surface area contributed by atoms with Gasteiger partial charge in [-0.3, -0.25) is 4.79 Å². The summed E-state index contributed by atoms with van der Waals surface area (Å²) in [5.41, 5.74) is 8.82. The molecule has 0 saturated carbocycles. The fourth-order valence-corrected chi connectivity index (χ4v) is 1.54. The molecular weight excluding hydrogens is 212 g/mol. The molecule has 1 aromatic carbocycles. The number of rotatable bonds is 5. The average Bonchev–Trinajstić information content (AvgIpc) is 2.31. The molecule has 3 N–H and O–H groups in total. The first kappa shape index (κ1) is 13.7. The second-order valence-electron chi connectivity index (χ2n) is 4.73. The number of hydrogen-bond acceptors (Lipinski definition) is 2. The van der Waals surface area contributed by atoms with Crippen LogP contribution in [0.1, 0.15) is 30.9 Å². The number of anilines is 1. The van der Waals surface area contributed by atoms with E-state index in [0.29, 0.717) is 18.9 Å². The van der Waals surface area contributed by atoms with Gasteiger partial charge in [-0.2, -0.15) is 0 Å². The molecule has 1 unspecified atom stereocenters. The van der Waals surface area contributed by atoms with Crippen molar-refractivity contribution in [1.29, 1.82) is 0 Å². The Morgan fingerprint density at radius 2 is 2.06 bits per heavy atom. The number of aryl methyl sites for hydroxylation is 2. The molecule has 3 heteroatoms. The molecule has 0 aliphatic heterocycles. The minimum absolute atomic E-state index is 0.0635. The summed E-state index contributed by atoms with van der Waals surface area (Å²) in [5.74, 6) is 0.467. The second kappa shape index (κ2) is 6.40. The molecule has 1 aromatic rings. The number of carbonyl (C=O) groups is 1. The Morgan fingerprint density at radius 3 is 2.65 bits per heavy atom. The predicted molar refractivity (Wildman–Crippen MR) is 72.0 cm³/mol. The molecule has 0 heterocycles. The predicted octanol–water partition coefficient (Wildman–Crippen LogP) is 2.62. The van der Waals surface area contributed by atoms with E-state index >= 15 is 0 Å². The second-order valence-corrected chi connectivity index (χ2v) is 4.73. The van der Waals surface area contributed by atoms with Gasteiger partial charge in [-0.15, -0.1) is 0 Å². The van der Waals surface area contributed by atoms with Crippen molar-refractivity contribution in [3.05, 3.63) is 29.3 Å². The van der Waals surface area contributed by atoms with Gasteiger partial charge in [-0.25, -0.2) is 0 Å². The van der Waals surface area contributed by atoms with Gasteiger partial charge >= 0.3 is 0 Å². The first-order valence-electron chi connectivity index (χ1n) is 6.10. The first-order chi connectivity index (χ1) is 8.02. The summed E-state index contributed by atoms with van der Waals surface area (Å²) in [6.45, 7) is 6.80. The third-order valence-electron chi connectivity index (χ3n) is 3.06. The van der Waals surface area contributed by atoms with Crippen LogP contribution in [0.25, 0.3) is 0 Å². The average molecular weight is 234 g/mol. The Morgan fingerprint density at radius 1 is 1.35 bits per heavy atom. The van der Waals surface area contributed by atoms with E-state index in [1.807, 2.05) is 25.1 Å². The Balaban J connectivity index is 2.48. The van der Waals surface area contributed by atoms with Crippen molar-refractivity contribution >= 4 is 11.6 Å². The van der Waals surface area contributed by atoms with Crippen LogP contribution in [0.5, 0.6) is 0 Å². The third kappa shape index (κ3) is 4.57. The Hall–Kier alpha value is -1.35. The van der Waals surface area contributed by atoms with Gasteiger partial charge in [-0.1, -0.05) is 13.0 Å². The lowest BCUT2D eigenvalue weighted by Crippen LogP contribution is -2.16. The maximum Gasteiger partial charge on any atom is 0.224 e. The number of carbonyl (C=O) groups excluding carboxylic acids is 1. The first-order valence-corrected chi connectivity index (χ1v) is 6.10. The summed E-state index contributed by atoms with van der Waals surface area (Å²) in [6, 6.07) is 5.96. The highest BCUT2D eigenvalue weighted by Gasteiger charge is 2.06. The SMILES string of the molecule is Cc1ccc(NC(=O)CCC(C)CN)cc1C. The smallest absolute Gasteiger partial charge is 0.224 e. The summed E-state index contributed by atoms with van der Waals surface area (Å²) in [6.07, 6.45) is 1.37. The van der Waals surface area contributed by atoms with Gasteiger partial charge in [0.05, 0.1) is 0 Å². The summed E-state index contributed by atoms with van der Waals surface area (Å²) in [4.78, 5) is 11.7. The molecule has 1 rings (SSSR count). The molecule has 0 aliphatic rings. The molecule has 0 saturated heterocycles. The van der Waals surface area contributed by atoms with Gasteiger partial charge in [-0.05, 0) is 56.0 Å². The third-order valence-corrected chi connectivity index (χ3v) is 3.06. The van der Waals surface area contributed by atoms with E-state index in [1.165, 1.54) is 11.1 Å². The normalized spacial score (nSPS) is 12.2. The maximum atomic E-state index is 11.7. The standard InChI is InChI=1S/C14H22N2O/c1-10(9-15)4-7-14(17)16-13-6-5-11(2)12(3)8-13/h5-6,8,10H,4,7,9,15H2,1-3H3,(H,16,17). The highest BCUT2D eigenvalue weighted by atomic mass is 16.1. The Labute approximate surface area is 103 Å². The topological polar surface area (TPSA) is 55.1 Å². The lowest BCUT2D eigenvalue weighted by Gasteiger charge is -2.10. The van der Waals surface area contributed by atoms with Crippen LogP contribution < -0.4 is 11.1 Å². The molecule has 0 fully saturated rings. The van der Waals surface area contributed by atoms with Crippen LogP contribution in [-0.4, -0.2) is 12.5 Å². The van der Waals surface area contributed by atoms with Gasteiger partial charge in [0.15, 0.2) is 0 Å². The fourth-order valence-electron chi connectivity index (χ4n) is 1.54. The molecule has 1 amide bonds. The van der Waals surface area contributed by atoms with E-state index in [1.54, 1.807) is 0 Å². The monoisotopic (exact) mass is 234 g/mol. The van der Waals surface area contributed by atoms with Crippen LogP contribution in [0.4, 0.5) is 5.69 Å². The zero-order valence-electron chi connectivity index (χ0n) is 10.9. The minimum Gasteiger partial charge on any atom is -0.330 e. The van der Waals surface area contributed by atoms with Crippen LogP contribution in [0.15, 0.2) is 18.2 Å². The molecule has 17 heavy (non-hydrogen) atoms. The zero-order valence-corrected chi connectivity index (χ0v) is 10.9. The lowest BCUT2D eigenvalue weighted by molar-refractivity contribution is -0.116. The van der Waals surface area contributed by atoms with Crippen molar-refractivity contribution in [3.8, 4) is 0 Å². The molecule has 3 nitrogen and oxygen atoms in total. The van der Waals surface area contributed by atoms with E-state index < -0.39 is 0 Å². The van der Waals surface area contributed by atoms with E-state index in [2.05, 4.69) is 19.2 Å². The van der Waals surface area contributed by atoms with Crippen molar-refractivity contribution in [3.63, 3.8) is 0 Å². The molecule has 0 aromatic heterocycles. The maximum absolute atomic E-state index is 11.7. The highest BCUT2D eigenvalue weighted by molar-refractivity contribution is 5.90. The lowest BCUT2D eigenvalue weighted by atomic mass is 10.1. The van der Waals surface area contributed by atoms with Gasteiger partial charge < -0.3 is 11.1 Å². The molecule has 1 atom stereocenters. The number of benzene rings is 1. The van der Waals surface area contributed by atoms with Crippen LogP contribution >= 0.6 is 0 Å². The highest BCUT2D eigenvalue weighted by Crippen LogP contribution is 2.15. The van der Waals surface area contributed by atoms with Gasteiger partial charge in [0.25, 0.3) is 0 Å². The Bertz CT molecular complexity index is 388. The Kier molecular flexibility index (Phi) is 5.16. The molecular formula is C14H22N2O. The largest absolute Gasteiger partial charge is 0.330 e. The summed E-state index contributed by atoms with van der Waals surface area (Å²) < 4.78 is 0. The van der Waals surface area contributed by atoms with Crippen molar-refractivity contribution in [1.82, 2.24) is 0 Å². The number of nitrogens with one attached hydrogen (secondary N) is 1. The molecule has 0 radical (unpaired) electrons. The van der Waals surface area contributed by atoms with Crippen molar-refractivity contribution in [2.75, 3.05) is 11.9 Å². The van der Waals surface area contributed by atoms with Crippen molar-refractivity contribution in [2.45, 2.75) is 33.6 Å². The van der Waals surface area contributed by atoms with E-state index in [0.717, 1.165) is 12.1 Å². The van der Waals surface area contributed by atoms with E-state index in [4.69, 9.17) is 5.73 Å². The molecule has 0 aliphatic carbocycles.